The minimum Gasteiger partial charge on any atom is -0.386 e. The second-order valence-corrected chi connectivity index (χ2v) is 4.57. The van der Waals surface area contributed by atoms with Gasteiger partial charge in [0.1, 0.15) is 0 Å². The normalized spacial score (nSPS) is 13.5. The Labute approximate surface area is 114 Å². The highest BCUT2D eigenvalue weighted by molar-refractivity contribution is 7.80. The molecule has 3 nitrogen and oxygen atoms in total. The summed E-state index contributed by atoms with van der Waals surface area (Å²) >= 11 is 5.24. The van der Waals surface area contributed by atoms with Crippen molar-refractivity contribution in [3.63, 3.8) is 0 Å². The minimum absolute atomic E-state index is 0.0998. The second kappa shape index (κ2) is 7.13. The topological polar surface area (TPSA) is 35.5 Å². The number of aliphatic hydroxyl groups excluding tert-OH is 1. The van der Waals surface area contributed by atoms with Crippen molar-refractivity contribution in [2.24, 2.45) is 0 Å². The Balaban J connectivity index is 2.65. The largest absolute Gasteiger partial charge is 0.386 e. The molecular weight excluding hydrogens is 244 g/mol. The van der Waals surface area contributed by atoms with E-state index in [1.54, 1.807) is 6.08 Å². The maximum absolute atomic E-state index is 10.3. The van der Waals surface area contributed by atoms with Crippen LogP contribution in [0, 0.1) is 0 Å². The number of likely N-dealkylation sites (N-methyl/N-ethyl adjacent to an activating group) is 1. The number of benzene rings is 1. The molecule has 0 amide bonds. The zero-order valence-corrected chi connectivity index (χ0v) is 11.7. The van der Waals surface area contributed by atoms with Crippen molar-refractivity contribution in [1.82, 2.24) is 10.2 Å². The summed E-state index contributed by atoms with van der Waals surface area (Å²) in [7, 11) is 1.87. The smallest absolute Gasteiger partial charge is 0.169 e. The third-order valence-electron chi connectivity index (χ3n) is 2.93. The molecule has 0 aliphatic rings. The van der Waals surface area contributed by atoms with Gasteiger partial charge in [-0.15, -0.1) is 6.58 Å². The lowest BCUT2D eigenvalue weighted by Gasteiger charge is -2.31. The fourth-order valence-electron chi connectivity index (χ4n) is 1.61. The molecular formula is C14H20N2OS. The Morgan fingerprint density at radius 3 is 2.67 bits per heavy atom. The number of hydrogen-bond donors (Lipinski definition) is 2. The SMILES string of the molecule is C=CCNC(=S)N(C)[C@H](C)[C@H](O)c1ccccc1. The van der Waals surface area contributed by atoms with E-state index in [0.717, 1.165) is 5.56 Å². The molecule has 2 atom stereocenters. The molecule has 0 saturated carbocycles. The molecule has 1 rings (SSSR count). The Kier molecular flexibility index (Phi) is 5.82. The van der Waals surface area contributed by atoms with Gasteiger partial charge in [-0.1, -0.05) is 36.4 Å². The summed E-state index contributed by atoms with van der Waals surface area (Å²) in [5, 5.41) is 13.9. The van der Waals surface area contributed by atoms with Crippen molar-refractivity contribution in [3.05, 3.63) is 48.6 Å². The predicted octanol–water partition coefficient (Wildman–Crippen LogP) is 2.10. The van der Waals surface area contributed by atoms with E-state index < -0.39 is 6.10 Å². The summed E-state index contributed by atoms with van der Waals surface area (Å²) in [5.41, 5.74) is 0.892. The lowest BCUT2D eigenvalue weighted by Crippen LogP contribution is -2.44. The Bertz CT molecular complexity index is 394. The van der Waals surface area contributed by atoms with Crippen molar-refractivity contribution >= 4 is 17.3 Å². The summed E-state index contributed by atoms with van der Waals surface area (Å²) in [4.78, 5) is 1.86. The molecule has 2 N–H and O–H groups in total. The van der Waals surface area contributed by atoms with E-state index in [0.29, 0.717) is 11.7 Å². The molecule has 0 radical (unpaired) electrons. The van der Waals surface area contributed by atoms with Gasteiger partial charge in [-0.25, -0.2) is 0 Å². The average molecular weight is 264 g/mol. The first kappa shape index (κ1) is 14.7. The van der Waals surface area contributed by atoms with E-state index in [1.165, 1.54) is 0 Å². The molecule has 0 heterocycles. The quantitative estimate of drug-likeness (QED) is 0.631. The molecule has 0 fully saturated rings. The van der Waals surface area contributed by atoms with Gasteiger partial charge in [0, 0.05) is 13.6 Å². The van der Waals surface area contributed by atoms with E-state index in [-0.39, 0.29) is 6.04 Å². The average Bonchev–Trinajstić information content (AvgIpc) is 2.43. The zero-order chi connectivity index (χ0) is 13.5. The van der Waals surface area contributed by atoms with E-state index >= 15 is 0 Å². The second-order valence-electron chi connectivity index (χ2n) is 4.18. The third-order valence-corrected chi connectivity index (χ3v) is 3.36. The lowest BCUT2D eigenvalue weighted by atomic mass is 10.0. The van der Waals surface area contributed by atoms with E-state index in [1.807, 2.05) is 49.2 Å². The predicted molar refractivity (Wildman–Crippen MR) is 79.4 cm³/mol. The van der Waals surface area contributed by atoms with Gasteiger partial charge in [-0.2, -0.15) is 0 Å². The van der Waals surface area contributed by atoms with Crippen LogP contribution in [0.15, 0.2) is 43.0 Å². The van der Waals surface area contributed by atoms with Gasteiger partial charge in [0.25, 0.3) is 0 Å². The third kappa shape index (κ3) is 3.82. The van der Waals surface area contributed by atoms with Crippen LogP contribution in [0.25, 0.3) is 0 Å². The molecule has 0 bridgehead atoms. The Morgan fingerprint density at radius 2 is 2.11 bits per heavy atom. The Morgan fingerprint density at radius 1 is 1.50 bits per heavy atom. The number of aliphatic hydroxyl groups is 1. The molecule has 1 aromatic carbocycles. The van der Waals surface area contributed by atoms with Crippen molar-refractivity contribution in [3.8, 4) is 0 Å². The molecule has 18 heavy (non-hydrogen) atoms. The van der Waals surface area contributed by atoms with Crippen LogP contribution in [-0.2, 0) is 0 Å². The van der Waals surface area contributed by atoms with Gasteiger partial charge in [-0.05, 0) is 24.7 Å². The van der Waals surface area contributed by atoms with Crippen LogP contribution in [0.1, 0.15) is 18.6 Å². The van der Waals surface area contributed by atoms with Crippen LogP contribution >= 0.6 is 12.2 Å². The summed E-state index contributed by atoms with van der Waals surface area (Å²) in [6, 6.07) is 9.49. The first-order valence-corrected chi connectivity index (χ1v) is 6.33. The molecule has 1 aromatic rings. The van der Waals surface area contributed by atoms with Crippen molar-refractivity contribution in [1.29, 1.82) is 0 Å². The van der Waals surface area contributed by atoms with Crippen molar-refractivity contribution < 1.29 is 5.11 Å². The molecule has 0 aliphatic carbocycles. The first-order chi connectivity index (χ1) is 8.57. The maximum Gasteiger partial charge on any atom is 0.169 e. The lowest BCUT2D eigenvalue weighted by molar-refractivity contribution is 0.103. The number of rotatable bonds is 5. The maximum atomic E-state index is 10.3. The van der Waals surface area contributed by atoms with Crippen LogP contribution < -0.4 is 5.32 Å². The number of nitrogens with zero attached hydrogens (tertiary/aromatic N) is 1. The fraction of sp³-hybridized carbons (Fsp3) is 0.357. The molecule has 0 aliphatic heterocycles. The number of hydrogen-bond acceptors (Lipinski definition) is 2. The number of nitrogens with one attached hydrogen (secondary N) is 1. The highest BCUT2D eigenvalue weighted by Crippen LogP contribution is 2.19. The van der Waals surface area contributed by atoms with Crippen molar-refractivity contribution in [2.75, 3.05) is 13.6 Å². The van der Waals surface area contributed by atoms with Crippen LogP contribution in [0.4, 0.5) is 0 Å². The standard InChI is InChI=1S/C14H20N2OS/c1-4-10-15-14(18)16(3)11(2)13(17)12-8-6-5-7-9-12/h4-9,11,13,17H,1,10H2,2-3H3,(H,15,18)/t11-,13+/m1/s1. The molecule has 0 unspecified atom stereocenters. The van der Waals surface area contributed by atoms with Gasteiger partial charge in [0.2, 0.25) is 0 Å². The van der Waals surface area contributed by atoms with Crippen LogP contribution in [-0.4, -0.2) is 34.8 Å². The Hall–Kier alpha value is -1.39. The van der Waals surface area contributed by atoms with E-state index in [9.17, 15) is 5.11 Å². The highest BCUT2D eigenvalue weighted by Gasteiger charge is 2.21. The monoisotopic (exact) mass is 264 g/mol. The molecule has 0 aromatic heterocycles. The zero-order valence-electron chi connectivity index (χ0n) is 10.8. The van der Waals surface area contributed by atoms with Crippen LogP contribution in [0.3, 0.4) is 0 Å². The summed E-state index contributed by atoms with van der Waals surface area (Å²) in [6.45, 7) is 6.20. The van der Waals surface area contributed by atoms with Gasteiger partial charge in [0.05, 0.1) is 12.1 Å². The van der Waals surface area contributed by atoms with Crippen molar-refractivity contribution in [2.45, 2.75) is 19.1 Å². The van der Waals surface area contributed by atoms with Gasteiger partial charge in [0.15, 0.2) is 5.11 Å². The van der Waals surface area contributed by atoms with Crippen LogP contribution in [0.5, 0.6) is 0 Å². The molecule has 4 heteroatoms. The molecule has 0 saturated heterocycles. The van der Waals surface area contributed by atoms with E-state index in [2.05, 4.69) is 11.9 Å². The molecule has 0 spiro atoms. The van der Waals surface area contributed by atoms with Gasteiger partial charge < -0.3 is 15.3 Å². The summed E-state index contributed by atoms with van der Waals surface area (Å²) in [6.07, 6.45) is 1.18. The first-order valence-electron chi connectivity index (χ1n) is 5.92. The van der Waals surface area contributed by atoms with E-state index in [4.69, 9.17) is 12.2 Å². The minimum atomic E-state index is -0.570. The van der Waals surface area contributed by atoms with Gasteiger partial charge in [-0.3, -0.25) is 0 Å². The fourth-order valence-corrected chi connectivity index (χ4v) is 1.86. The molecule has 98 valence electrons. The summed E-state index contributed by atoms with van der Waals surface area (Å²) < 4.78 is 0. The highest BCUT2D eigenvalue weighted by atomic mass is 32.1. The van der Waals surface area contributed by atoms with Gasteiger partial charge >= 0.3 is 0 Å². The number of thiocarbonyl (C=S) groups is 1. The summed E-state index contributed by atoms with van der Waals surface area (Å²) in [5.74, 6) is 0. The van der Waals surface area contributed by atoms with Crippen LogP contribution in [0.2, 0.25) is 0 Å².